The van der Waals surface area contributed by atoms with Crippen molar-refractivity contribution in [3.05, 3.63) is 28.8 Å². The molecule has 1 unspecified atom stereocenters. The van der Waals surface area contributed by atoms with Crippen molar-refractivity contribution in [1.29, 1.82) is 5.26 Å². The summed E-state index contributed by atoms with van der Waals surface area (Å²) in [7, 11) is 3.43. The number of oxime groups is 1. The Kier molecular flexibility index (Phi) is 4.94. The lowest BCUT2D eigenvalue weighted by Crippen LogP contribution is -2.67. The molecule has 3 heterocycles. The molecule has 2 bridgehead atoms. The van der Waals surface area contributed by atoms with Crippen molar-refractivity contribution in [2.24, 2.45) is 11.1 Å². The number of aliphatic carboxylic acids is 1. The van der Waals surface area contributed by atoms with Crippen LogP contribution in [0.1, 0.15) is 29.2 Å². The Morgan fingerprint density at radius 1 is 1.45 bits per heavy atom. The van der Waals surface area contributed by atoms with Gasteiger partial charge in [0.2, 0.25) is 0 Å². The van der Waals surface area contributed by atoms with E-state index in [1.807, 2.05) is 16.8 Å². The van der Waals surface area contributed by atoms with E-state index in [1.165, 1.54) is 6.21 Å². The third kappa shape index (κ3) is 2.71. The molecule has 29 heavy (non-hydrogen) atoms. The van der Waals surface area contributed by atoms with Gasteiger partial charge in [-0.1, -0.05) is 5.16 Å². The van der Waals surface area contributed by atoms with Crippen molar-refractivity contribution in [2.75, 3.05) is 20.8 Å². The fourth-order valence-corrected chi connectivity index (χ4v) is 5.75. The Labute approximate surface area is 168 Å². The Morgan fingerprint density at radius 2 is 2.21 bits per heavy atom. The Balaban J connectivity index is 1.92. The number of benzene rings is 1. The molecule has 0 amide bonds. The molecule has 0 spiro atoms. The zero-order chi connectivity index (χ0) is 20.9. The first-order valence-electron chi connectivity index (χ1n) is 9.58. The third-order valence-electron chi connectivity index (χ3n) is 6.86. The number of likely N-dealkylation sites (N-methyl/N-ethyl adjacent to an activating group) is 1. The second-order valence-corrected chi connectivity index (χ2v) is 7.89. The molecule has 1 aromatic rings. The number of carbonyl (C=O) groups is 1. The van der Waals surface area contributed by atoms with Crippen LogP contribution in [0, 0.1) is 17.2 Å². The van der Waals surface area contributed by atoms with Crippen LogP contribution >= 0.6 is 0 Å². The molecule has 9 nitrogen and oxygen atoms in total. The number of rotatable bonds is 4. The summed E-state index contributed by atoms with van der Waals surface area (Å²) in [4.78, 5) is 16.0. The molecule has 3 aliphatic rings. The van der Waals surface area contributed by atoms with E-state index in [0.29, 0.717) is 24.2 Å². The van der Waals surface area contributed by atoms with Crippen molar-refractivity contribution in [3.8, 4) is 11.8 Å². The van der Waals surface area contributed by atoms with Gasteiger partial charge in [0.15, 0.2) is 0 Å². The lowest BCUT2D eigenvalue weighted by atomic mass is 9.79. The van der Waals surface area contributed by atoms with Gasteiger partial charge < -0.3 is 20.2 Å². The van der Waals surface area contributed by atoms with Crippen LogP contribution in [0.15, 0.2) is 17.3 Å². The van der Waals surface area contributed by atoms with E-state index in [9.17, 15) is 20.3 Å². The second-order valence-electron chi connectivity index (χ2n) is 7.89. The molecule has 0 radical (unpaired) electrons. The lowest BCUT2D eigenvalue weighted by Gasteiger charge is -2.54. The van der Waals surface area contributed by atoms with Crippen LogP contribution in [0.25, 0.3) is 0 Å². The summed E-state index contributed by atoms with van der Waals surface area (Å²) in [6.07, 6.45) is 2.20. The first kappa shape index (κ1) is 19.6. The minimum absolute atomic E-state index is 0.217. The summed E-state index contributed by atoms with van der Waals surface area (Å²) >= 11 is 0. The second kappa shape index (κ2) is 7.30. The first-order chi connectivity index (χ1) is 14.0. The van der Waals surface area contributed by atoms with Gasteiger partial charge in [0.25, 0.3) is 0 Å². The van der Waals surface area contributed by atoms with Crippen LogP contribution in [-0.2, 0) is 11.2 Å². The molecule has 154 valence electrons. The summed E-state index contributed by atoms with van der Waals surface area (Å²) in [5, 5.41) is 42.4. The monoisotopic (exact) mass is 400 g/mol. The van der Waals surface area contributed by atoms with Crippen molar-refractivity contribution in [1.82, 2.24) is 9.80 Å². The average molecular weight is 400 g/mol. The Hall–Kier alpha value is -2.67. The first-order valence-corrected chi connectivity index (χ1v) is 9.58. The number of aliphatic hydroxyl groups excluding tert-OH is 1. The topological polar surface area (TPSA) is 130 Å². The van der Waals surface area contributed by atoms with Gasteiger partial charge in [0, 0.05) is 23.7 Å². The molecule has 0 aliphatic carbocycles. The maximum atomic E-state index is 12.0. The van der Waals surface area contributed by atoms with Gasteiger partial charge in [0.1, 0.15) is 11.8 Å². The molecule has 2 fully saturated rings. The number of aliphatic hydroxyl groups is 1. The summed E-state index contributed by atoms with van der Waals surface area (Å²) in [5.74, 6) is -0.861. The fraction of sp³-hybridized carbons (Fsp3) is 0.550. The van der Waals surface area contributed by atoms with E-state index >= 15 is 0 Å². The maximum absolute atomic E-state index is 12.0. The predicted molar refractivity (Wildman–Crippen MR) is 102 cm³/mol. The maximum Gasteiger partial charge on any atom is 0.308 e. The molecular weight excluding hydrogens is 376 g/mol. The average Bonchev–Trinajstić information content (AvgIpc) is 2.97. The Morgan fingerprint density at radius 3 is 2.79 bits per heavy atom. The molecule has 2 saturated heterocycles. The molecule has 0 saturated carbocycles. The molecule has 9 heteroatoms. The zero-order valence-corrected chi connectivity index (χ0v) is 16.3. The number of nitriles is 1. The number of nitrogens with zero attached hydrogens (tertiary/aromatic N) is 4. The molecule has 3 aliphatic heterocycles. The normalized spacial score (nSPS) is 33.9. The van der Waals surface area contributed by atoms with Gasteiger partial charge in [-0.3, -0.25) is 14.6 Å². The van der Waals surface area contributed by atoms with Crippen molar-refractivity contribution in [3.63, 3.8) is 0 Å². The van der Waals surface area contributed by atoms with Crippen molar-refractivity contribution < 1.29 is 25.0 Å². The van der Waals surface area contributed by atoms with Crippen molar-refractivity contribution >= 4 is 12.2 Å². The number of carboxylic acids is 1. The van der Waals surface area contributed by atoms with Crippen LogP contribution in [0.5, 0.6) is 5.75 Å². The number of piperazine rings is 1. The van der Waals surface area contributed by atoms with Crippen LogP contribution in [-0.4, -0.2) is 82.3 Å². The van der Waals surface area contributed by atoms with Crippen molar-refractivity contribution in [2.45, 2.75) is 43.1 Å². The number of carboxylic acid groups (broad SMARTS) is 1. The summed E-state index contributed by atoms with van der Waals surface area (Å²) in [6.45, 7) is -0.237. The van der Waals surface area contributed by atoms with Gasteiger partial charge in [-0.2, -0.15) is 5.26 Å². The lowest BCUT2D eigenvalue weighted by molar-refractivity contribution is -0.144. The predicted octanol–water partition coefficient (Wildman–Crippen LogP) is 0.443. The SMILES string of the molecule is COc1ccc(/C=N\O)c2c1[C@H](CO)N1C(C#N)[C@@H]3C[C@@H](C(=O)O)[C@H]([C@@H]1C2)N3C. The number of ether oxygens (including phenoxy) is 1. The van der Waals surface area contributed by atoms with Gasteiger partial charge in [-0.05, 0) is 43.1 Å². The highest BCUT2D eigenvalue weighted by molar-refractivity contribution is 5.83. The summed E-state index contributed by atoms with van der Waals surface area (Å²) < 4.78 is 5.54. The summed E-state index contributed by atoms with van der Waals surface area (Å²) in [5.41, 5.74) is 2.30. The highest BCUT2D eigenvalue weighted by Gasteiger charge is 2.59. The van der Waals surface area contributed by atoms with Crippen LogP contribution in [0.2, 0.25) is 0 Å². The minimum Gasteiger partial charge on any atom is -0.496 e. The van der Waals surface area contributed by atoms with E-state index in [1.54, 1.807) is 19.2 Å². The molecule has 0 aromatic heterocycles. The summed E-state index contributed by atoms with van der Waals surface area (Å²) in [6, 6.07) is 4.07. The number of hydrogen-bond acceptors (Lipinski definition) is 8. The van der Waals surface area contributed by atoms with E-state index < -0.39 is 24.0 Å². The fourth-order valence-electron chi connectivity index (χ4n) is 5.75. The van der Waals surface area contributed by atoms with E-state index in [2.05, 4.69) is 11.2 Å². The number of methoxy groups -OCH3 is 1. The van der Waals surface area contributed by atoms with Gasteiger partial charge in [0.05, 0.1) is 38.0 Å². The Bertz CT molecular complexity index is 898. The highest BCUT2D eigenvalue weighted by Crippen LogP contribution is 2.50. The van der Waals surface area contributed by atoms with E-state index in [4.69, 9.17) is 9.94 Å². The highest BCUT2D eigenvalue weighted by atomic mass is 16.5. The number of fused-ring (bicyclic) bond motifs is 5. The standard InChI is InChI=1S/C20H24N4O5/c1-23-13-6-12(20(26)27)19(23)14-5-11-10(8-22-28)3-4-17(29-2)18(11)16(9-25)24(14)15(13)7-21/h3-4,8,12-16,19,25,28H,5-6,9H2,1-2H3,(H,26,27)/b22-8-/t12-,13+,14+,15?,16+,19-/m1/s1. The van der Waals surface area contributed by atoms with Gasteiger partial charge in [-0.15, -0.1) is 0 Å². The molecule has 6 atom stereocenters. The van der Waals surface area contributed by atoms with E-state index in [-0.39, 0.29) is 24.7 Å². The van der Waals surface area contributed by atoms with E-state index in [0.717, 1.165) is 11.1 Å². The smallest absolute Gasteiger partial charge is 0.308 e. The third-order valence-corrected chi connectivity index (χ3v) is 6.86. The zero-order valence-electron chi connectivity index (χ0n) is 16.3. The number of hydrogen-bond donors (Lipinski definition) is 3. The van der Waals surface area contributed by atoms with Crippen LogP contribution in [0.3, 0.4) is 0 Å². The van der Waals surface area contributed by atoms with Crippen LogP contribution in [0.4, 0.5) is 0 Å². The van der Waals surface area contributed by atoms with Crippen LogP contribution < -0.4 is 4.74 Å². The molecule has 1 aromatic carbocycles. The quantitative estimate of drug-likeness (QED) is 0.377. The molecule has 3 N–H and O–H groups in total. The molecule has 4 rings (SSSR count). The minimum atomic E-state index is -0.864. The largest absolute Gasteiger partial charge is 0.496 e. The molecular formula is C20H24N4O5. The van der Waals surface area contributed by atoms with Gasteiger partial charge in [-0.25, -0.2) is 0 Å². The van der Waals surface area contributed by atoms with Gasteiger partial charge >= 0.3 is 5.97 Å².